The van der Waals surface area contributed by atoms with Crippen molar-refractivity contribution in [3.63, 3.8) is 0 Å². The minimum atomic E-state index is -0.592. The Balaban J connectivity index is 2.93. The van der Waals surface area contributed by atoms with E-state index >= 15 is 0 Å². The van der Waals surface area contributed by atoms with Crippen LogP contribution in [0, 0.1) is 0 Å². The van der Waals surface area contributed by atoms with E-state index in [-0.39, 0.29) is 6.61 Å². The largest absolute Gasteiger partial charge is 0.467 e. The molecule has 0 aromatic rings. The molecule has 0 bridgehead atoms. The minimum Gasteiger partial charge on any atom is -0.467 e. The van der Waals surface area contributed by atoms with Crippen molar-refractivity contribution in [1.29, 1.82) is 0 Å². The van der Waals surface area contributed by atoms with Crippen LogP contribution in [0.25, 0.3) is 0 Å². The Morgan fingerprint density at radius 2 is 2.27 bits per heavy atom. The molecule has 15 heavy (non-hydrogen) atoms. The second kappa shape index (κ2) is 4.45. The topological polar surface area (TPSA) is 41.8 Å². The third-order valence-corrected chi connectivity index (χ3v) is 2.40. The van der Waals surface area contributed by atoms with Crippen LogP contribution in [0.15, 0.2) is 41.4 Å². The molecule has 1 aliphatic heterocycles. The highest BCUT2D eigenvalue weighted by Crippen LogP contribution is 2.23. The first kappa shape index (κ1) is 11.7. The van der Waals surface area contributed by atoms with Crippen molar-refractivity contribution in [3.8, 4) is 0 Å². The van der Waals surface area contributed by atoms with Crippen LogP contribution in [0.4, 0.5) is 0 Å². The summed E-state index contributed by atoms with van der Waals surface area (Å²) < 4.78 is 5.60. The molecule has 82 valence electrons. The number of ether oxygens (including phenoxy) is 1. The van der Waals surface area contributed by atoms with Gasteiger partial charge in [-0.2, -0.15) is 0 Å². The van der Waals surface area contributed by atoms with E-state index in [0.29, 0.717) is 12.4 Å². The Morgan fingerprint density at radius 1 is 1.60 bits per heavy atom. The molecule has 0 fully saturated rings. The lowest BCUT2D eigenvalue weighted by molar-refractivity contribution is 0.0400. The van der Waals surface area contributed by atoms with Crippen molar-refractivity contribution >= 4 is 5.90 Å². The molecule has 0 spiro atoms. The molecule has 3 heteroatoms. The summed E-state index contributed by atoms with van der Waals surface area (Å²) in [5.74, 6) is 0.541. The predicted molar refractivity (Wildman–Crippen MR) is 62.0 cm³/mol. The SMILES string of the molecule is C=C/C(C)=C(\C=C)C1=NCC(C)(CO)O1. The van der Waals surface area contributed by atoms with Gasteiger partial charge < -0.3 is 9.84 Å². The zero-order valence-corrected chi connectivity index (χ0v) is 9.29. The van der Waals surface area contributed by atoms with E-state index in [9.17, 15) is 0 Å². The highest BCUT2D eigenvalue weighted by molar-refractivity contribution is 5.98. The van der Waals surface area contributed by atoms with Crippen LogP contribution in [0.3, 0.4) is 0 Å². The van der Waals surface area contributed by atoms with Crippen molar-refractivity contribution < 1.29 is 9.84 Å². The monoisotopic (exact) mass is 207 g/mol. The number of aliphatic hydroxyl groups is 1. The van der Waals surface area contributed by atoms with Gasteiger partial charge in [-0.1, -0.05) is 25.3 Å². The van der Waals surface area contributed by atoms with Crippen molar-refractivity contribution in [3.05, 3.63) is 36.5 Å². The maximum atomic E-state index is 9.13. The van der Waals surface area contributed by atoms with Crippen LogP contribution >= 0.6 is 0 Å². The summed E-state index contributed by atoms with van der Waals surface area (Å²) in [5, 5.41) is 9.13. The quantitative estimate of drug-likeness (QED) is 0.715. The highest BCUT2D eigenvalue weighted by atomic mass is 16.5. The molecule has 0 aromatic carbocycles. The molecule has 3 nitrogen and oxygen atoms in total. The van der Waals surface area contributed by atoms with Gasteiger partial charge in [0.2, 0.25) is 5.90 Å². The molecule has 1 rings (SSSR count). The normalized spacial score (nSPS) is 26.5. The molecular formula is C12H17NO2. The van der Waals surface area contributed by atoms with E-state index in [1.54, 1.807) is 12.2 Å². The van der Waals surface area contributed by atoms with Crippen LogP contribution < -0.4 is 0 Å². The Kier molecular flexibility index (Phi) is 3.48. The van der Waals surface area contributed by atoms with Crippen molar-refractivity contribution in [2.24, 2.45) is 4.99 Å². The van der Waals surface area contributed by atoms with Gasteiger partial charge in [-0.05, 0) is 19.4 Å². The van der Waals surface area contributed by atoms with Gasteiger partial charge in [0.05, 0.1) is 13.2 Å². The smallest absolute Gasteiger partial charge is 0.217 e. The molecule has 0 aromatic heterocycles. The van der Waals surface area contributed by atoms with Gasteiger partial charge >= 0.3 is 0 Å². The third kappa shape index (κ3) is 2.36. The third-order valence-electron chi connectivity index (χ3n) is 2.40. The van der Waals surface area contributed by atoms with Crippen LogP contribution in [-0.4, -0.2) is 29.8 Å². The van der Waals surface area contributed by atoms with Crippen molar-refractivity contribution in [1.82, 2.24) is 0 Å². The van der Waals surface area contributed by atoms with E-state index in [1.807, 2.05) is 13.8 Å². The van der Waals surface area contributed by atoms with E-state index in [4.69, 9.17) is 9.84 Å². The predicted octanol–water partition coefficient (Wildman–Crippen LogP) is 1.85. The fraction of sp³-hybridized carbons (Fsp3) is 0.417. The lowest BCUT2D eigenvalue weighted by Crippen LogP contribution is -2.33. The molecular weight excluding hydrogens is 190 g/mol. The minimum absolute atomic E-state index is 0.0441. The molecule has 0 amide bonds. The summed E-state index contributed by atoms with van der Waals surface area (Å²) >= 11 is 0. The second-order valence-corrected chi connectivity index (χ2v) is 3.84. The molecule has 0 saturated carbocycles. The first-order valence-electron chi connectivity index (χ1n) is 4.87. The maximum absolute atomic E-state index is 9.13. The second-order valence-electron chi connectivity index (χ2n) is 3.84. The Morgan fingerprint density at radius 3 is 2.67 bits per heavy atom. The zero-order valence-electron chi connectivity index (χ0n) is 9.29. The van der Waals surface area contributed by atoms with Gasteiger partial charge in [-0.15, -0.1) is 0 Å². The van der Waals surface area contributed by atoms with E-state index in [2.05, 4.69) is 18.2 Å². The summed E-state index contributed by atoms with van der Waals surface area (Å²) in [6.45, 7) is 11.6. The molecule has 1 unspecified atom stereocenters. The lowest BCUT2D eigenvalue weighted by atomic mass is 10.1. The number of rotatable bonds is 4. The van der Waals surface area contributed by atoms with Crippen LogP contribution in [0.5, 0.6) is 0 Å². The molecule has 0 aliphatic carbocycles. The fourth-order valence-electron chi connectivity index (χ4n) is 1.29. The van der Waals surface area contributed by atoms with Crippen LogP contribution in [0.1, 0.15) is 13.8 Å². The Labute approximate surface area is 90.5 Å². The van der Waals surface area contributed by atoms with Gasteiger partial charge in [0, 0.05) is 5.57 Å². The number of hydrogen-bond acceptors (Lipinski definition) is 3. The van der Waals surface area contributed by atoms with Gasteiger partial charge in [0.15, 0.2) is 5.60 Å². The maximum Gasteiger partial charge on any atom is 0.217 e. The first-order chi connectivity index (χ1) is 7.06. The average Bonchev–Trinajstić information content (AvgIpc) is 2.63. The average molecular weight is 207 g/mol. The lowest BCUT2D eigenvalue weighted by Gasteiger charge is -2.20. The summed E-state index contributed by atoms with van der Waals surface area (Å²) in [6.07, 6.45) is 3.43. The first-order valence-corrected chi connectivity index (χ1v) is 4.87. The van der Waals surface area contributed by atoms with Gasteiger partial charge in [-0.25, -0.2) is 4.99 Å². The van der Waals surface area contributed by atoms with Gasteiger partial charge in [-0.3, -0.25) is 0 Å². The fourth-order valence-corrected chi connectivity index (χ4v) is 1.29. The molecule has 1 heterocycles. The van der Waals surface area contributed by atoms with Crippen LogP contribution in [-0.2, 0) is 4.74 Å². The van der Waals surface area contributed by atoms with E-state index in [0.717, 1.165) is 11.1 Å². The van der Waals surface area contributed by atoms with E-state index in [1.165, 1.54) is 0 Å². The molecule has 1 atom stereocenters. The van der Waals surface area contributed by atoms with Gasteiger partial charge in [0.1, 0.15) is 0 Å². The summed E-state index contributed by atoms with van der Waals surface area (Å²) in [7, 11) is 0. The molecule has 1 N–H and O–H groups in total. The number of allylic oxidation sites excluding steroid dienone is 2. The summed E-state index contributed by atoms with van der Waals surface area (Å²) in [4.78, 5) is 4.26. The number of nitrogens with zero attached hydrogens (tertiary/aromatic N) is 1. The van der Waals surface area contributed by atoms with Gasteiger partial charge in [0.25, 0.3) is 0 Å². The van der Waals surface area contributed by atoms with Crippen molar-refractivity contribution in [2.45, 2.75) is 19.4 Å². The number of aliphatic hydroxyl groups excluding tert-OH is 1. The zero-order chi connectivity index (χ0) is 11.5. The van der Waals surface area contributed by atoms with Crippen molar-refractivity contribution in [2.75, 3.05) is 13.2 Å². The standard InChI is InChI=1S/C12H17NO2/c1-5-9(3)10(6-2)11-13-7-12(4,8-14)15-11/h5-6,14H,1-2,7-8H2,3-4H3/b10-9+. The molecule has 0 radical (unpaired) electrons. The number of hydrogen-bond donors (Lipinski definition) is 1. The number of aliphatic imine (C=N–C) groups is 1. The molecule has 1 aliphatic rings. The van der Waals surface area contributed by atoms with Crippen LogP contribution in [0.2, 0.25) is 0 Å². The molecule has 0 saturated heterocycles. The highest BCUT2D eigenvalue weighted by Gasteiger charge is 2.33. The summed E-state index contributed by atoms with van der Waals surface area (Å²) in [5.41, 5.74) is 1.21. The van der Waals surface area contributed by atoms with E-state index < -0.39 is 5.60 Å². The summed E-state index contributed by atoms with van der Waals surface area (Å²) in [6, 6.07) is 0. The Bertz CT molecular complexity index is 342. The Hall–Kier alpha value is -1.35.